The Morgan fingerprint density at radius 3 is 2.92 bits per heavy atom. The minimum absolute atomic E-state index is 0.00955. The van der Waals surface area contributed by atoms with Crippen LogP contribution in [-0.4, -0.2) is 69.2 Å². The summed E-state index contributed by atoms with van der Waals surface area (Å²) in [6.45, 7) is 2.67. The second-order valence-corrected chi connectivity index (χ2v) is 9.84. The topological polar surface area (TPSA) is 114 Å². The third-order valence-electron chi connectivity index (χ3n) is 7.21. The van der Waals surface area contributed by atoms with Gasteiger partial charge in [-0.1, -0.05) is 17.7 Å². The van der Waals surface area contributed by atoms with E-state index < -0.39 is 0 Å². The number of benzene rings is 1. The van der Waals surface area contributed by atoms with Gasteiger partial charge in [0.05, 0.1) is 46.3 Å². The first-order valence-electron chi connectivity index (χ1n) is 12.0. The number of hydrogen-bond acceptors (Lipinski definition) is 9. The summed E-state index contributed by atoms with van der Waals surface area (Å²) >= 11 is 6.45. The lowest BCUT2D eigenvalue weighted by Gasteiger charge is -2.27. The fraction of sp³-hybridized carbons (Fsp3) is 0.320. The van der Waals surface area contributed by atoms with Gasteiger partial charge < -0.3 is 19.9 Å². The van der Waals surface area contributed by atoms with Gasteiger partial charge in [0.1, 0.15) is 11.4 Å². The van der Waals surface area contributed by atoms with E-state index in [1.165, 1.54) is 12.3 Å². The zero-order valence-corrected chi connectivity index (χ0v) is 21.1. The molecule has 0 saturated carbocycles. The zero-order chi connectivity index (χ0) is 25.7. The highest BCUT2D eigenvalue weighted by Crippen LogP contribution is 2.44. The molecule has 3 aromatic heterocycles. The van der Waals surface area contributed by atoms with E-state index >= 15 is 0 Å². The predicted molar refractivity (Wildman–Crippen MR) is 141 cm³/mol. The summed E-state index contributed by atoms with van der Waals surface area (Å²) in [7, 11) is 3.63. The molecule has 2 fully saturated rings. The van der Waals surface area contributed by atoms with Crippen molar-refractivity contribution in [3.05, 3.63) is 64.1 Å². The first-order chi connectivity index (χ1) is 17.9. The van der Waals surface area contributed by atoms with Gasteiger partial charge in [0.15, 0.2) is 0 Å². The normalized spacial score (nSPS) is 19.4. The Hall–Kier alpha value is -3.96. The fourth-order valence-electron chi connectivity index (χ4n) is 5.53. The molecule has 190 valence electrons. The van der Waals surface area contributed by atoms with Crippen LogP contribution < -0.4 is 15.0 Å². The van der Waals surface area contributed by atoms with Gasteiger partial charge in [-0.25, -0.2) is 14.5 Å². The monoisotopic (exact) mass is 520 g/mol. The highest BCUT2D eigenvalue weighted by atomic mass is 35.5. The molecule has 0 radical (unpaired) electrons. The number of rotatable bonds is 6. The molecule has 0 aliphatic carbocycles. The number of pyridine rings is 1. The Morgan fingerprint density at radius 2 is 2.11 bits per heavy atom. The molecule has 11 nitrogen and oxygen atoms in total. The Morgan fingerprint density at radius 1 is 1.24 bits per heavy atom. The number of nitrogens with one attached hydrogen (secondary N) is 1. The summed E-state index contributed by atoms with van der Waals surface area (Å²) in [6.07, 6.45) is 6.04. The third-order valence-corrected chi connectivity index (χ3v) is 7.48. The maximum absolute atomic E-state index is 12.2. The van der Waals surface area contributed by atoms with Gasteiger partial charge in [0.25, 0.3) is 5.69 Å². The lowest BCUT2D eigenvalue weighted by molar-refractivity contribution is -0.384. The van der Waals surface area contributed by atoms with E-state index in [-0.39, 0.29) is 22.6 Å². The molecule has 2 aliphatic heterocycles. The number of hydrogen-bond donors (Lipinski definition) is 1. The van der Waals surface area contributed by atoms with Gasteiger partial charge in [-0.15, -0.1) is 0 Å². The van der Waals surface area contributed by atoms with Crippen molar-refractivity contribution in [1.82, 2.24) is 24.5 Å². The highest BCUT2D eigenvalue weighted by molar-refractivity contribution is 6.33. The van der Waals surface area contributed by atoms with Crippen LogP contribution in [0.3, 0.4) is 0 Å². The number of likely N-dealkylation sites (N-methyl/N-ethyl adjacent to an activating group) is 1. The maximum atomic E-state index is 12.2. The molecule has 12 heteroatoms. The number of nitrogens with zero attached hydrogens (tertiary/aromatic N) is 7. The van der Waals surface area contributed by atoms with E-state index in [0.29, 0.717) is 33.8 Å². The lowest BCUT2D eigenvalue weighted by Crippen LogP contribution is -2.34. The molecule has 1 aromatic carbocycles. The van der Waals surface area contributed by atoms with E-state index in [1.54, 1.807) is 23.9 Å². The molecule has 37 heavy (non-hydrogen) atoms. The molecule has 0 unspecified atom stereocenters. The fourth-order valence-corrected chi connectivity index (χ4v) is 5.72. The number of aromatic nitrogens is 4. The van der Waals surface area contributed by atoms with Gasteiger partial charge in [-0.05, 0) is 31.5 Å². The van der Waals surface area contributed by atoms with Crippen molar-refractivity contribution >= 4 is 40.1 Å². The number of ether oxygens (including phenoxy) is 1. The molecule has 2 aliphatic rings. The van der Waals surface area contributed by atoms with Crippen molar-refractivity contribution in [3.8, 4) is 17.0 Å². The number of likely N-dealkylation sites (tertiary alicyclic amines) is 1. The second-order valence-electron chi connectivity index (χ2n) is 9.43. The van der Waals surface area contributed by atoms with Gasteiger partial charge in [-0.2, -0.15) is 5.10 Å². The largest absolute Gasteiger partial charge is 0.494 e. The van der Waals surface area contributed by atoms with Gasteiger partial charge in [0, 0.05) is 49.6 Å². The van der Waals surface area contributed by atoms with Gasteiger partial charge >= 0.3 is 0 Å². The number of fused-ring (bicyclic) bond motifs is 2. The van der Waals surface area contributed by atoms with Gasteiger partial charge in [0.2, 0.25) is 5.95 Å². The van der Waals surface area contributed by atoms with Crippen LogP contribution in [0.5, 0.6) is 5.75 Å². The molecule has 6 rings (SSSR count). The zero-order valence-electron chi connectivity index (χ0n) is 20.3. The molecule has 0 spiro atoms. The van der Waals surface area contributed by atoms with Crippen LogP contribution in [0.1, 0.15) is 6.42 Å². The van der Waals surface area contributed by atoms with Crippen molar-refractivity contribution in [1.29, 1.82) is 0 Å². The molecule has 2 atom stereocenters. The van der Waals surface area contributed by atoms with E-state index in [9.17, 15) is 10.1 Å². The Balaban J connectivity index is 1.37. The van der Waals surface area contributed by atoms with E-state index in [2.05, 4.69) is 37.2 Å². The van der Waals surface area contributed by atoms with Crippen molar-refractivity contribution < 1.29 is 9.66 Å². The van der Waals surface area contributed by atoms with E-state index in [1.807, 2.05) is 24.4 Å². The highest BCUT2D eigenvalue weighted by Gasteiger charge is 2.42. The summed E-state index contributed by atoms with van der Waals surface area (Å²) in [6, 6.07) is 9.20. The van der Waals surface area contributed by atoms with Crippen LogP contribution in [0.4, 0.5) is 23.0 Å². The Kier molecular flexibility index (Phi) is 5.81. The number of nitro groups is 1. The van der Waals surface area contributed by atoms with Crippen LogP contribution in [0.15, 0.2) is 48.9 Å². The molecular weight excluding hydrogens is 496 g/mol. The molecule has 0 bridgehead atoms. The molecule has 4 aromatic rings. The van der Waals surface area contributed by atoms with Crippen molar-refractivity contribution in [2.75, 3.05) is 44.0 Å². The van der Waals surface area contributed by atoms with E-state index in [0.717, 1.165) is 37.1 Å². The maximum Gasteiger partial charge on any atom is 0.294 e. The number of anilines is 3. The molecule has 2 saturated heterocycles. The van der Waals surface area contributed by atoms with Crippen LogP contribution in [0.25, 0.3) is 16.8 Å². The number of methoxy groups -OCH3 is 1. The van der Waals surface area contributed by atoms with Crippen LogP contribution >= 0.6 is 11.6 Å². The van der Waals surface area contributed by atoms with Crippen molar-refractivity contribution in [2.24, 2.45) is 5.92 Å². The lowest BCUT2D eigenvalue weighted by atomic mass is 10.0. The molecule has 1 N–H and O–H groups in total. The molecule has 0 amide bonds. The SMILES string of the molecule is COc1cc(N2CC[C@@H]3CN(C)C[C@@H]32)c([N+](=O)[O-])cc1Nc1ncc(Cl)c(-c2cnn3ccccc23)n1. The smallest absolute Gasteiger partial charge is 0.294 e. The number of halogens is 1. The first-order valence-corrected chi connectivity index (χ1v) is 12.3. The summed E-state index contributed by atoms with van der Waals surface area (Å²) < 4.78 is 7.38. The minimum atomic E-state index is -0.348. The van der Waals surface area contributed by atoms with Crippen molar-refractivity contribution in [2.45, 2.75) is 12.5 Å². The Labute approximate surface area is 217 Å². The number of nitro benzene ring substituents is 1. The van der Waals surface area contributed by atoms with Crippen LogP contribution in [0.2, 0.25) is 5.02 Å². The predicted octanol–water partition coefficient (Wildman–Crippen LogP) is 4.25. The van der Waals surface area contributed by atoms with Crippen LogP contribution in [-0.2, 0) is 0 Å². The van der Waals surface area contributed by atoms with E-state index in [4.69, 9.17) is 16.3 Å². The molecular formula is C25H25ClN8O3. The average molecular weight is 521 g/mol. The third kappa shape index (κ3) is 4.09. The first kappa shape index (κ1) is 23.4. The second kappa shape index (κ2) is 9.16. The summed E-state index contributed by atoms with van der Waals surface area (Å²) in [5.74, 6) is 1.20. The Bertz CT molecular complexity index is 1510. The van der Waals surface area contributed by atoms with Crippen molar-refractivity contribution in [3.63, 3.8) is 0 Å². The minimum Gasteiger partial charge on any atom is -0.494 e. The average Bonchev–Trinajstić information content (AvgIpc) is 3.59. The quantitative estimate of drug-likeness (QED) is 0.294. The van der Waals surface area contributed by atoms with Crippen LogP contribution in [0, 0.1) is 16.0 Å². The summed E-state index contributed by atoms with van der Waals surface area (Å²) in [5, 5.41) is 20.0. The molecule has 5 heterocycles. The summed E-state index contributed by atoms with van der Waals surface area (Å²) in [4.78, 5) is 25.2. The summed E-state index contributed by atoms with van der Waals surface area (Å²) in [5.41, 5.74) is 3.06. The van der Waals surface area contributed by atoms with Gasteiger partial charge in [-0.3, -0.25) is 10.1 Å². The standard InChI is InChI=1S/C25H25ClN8O3/c1-31-13-15-6-8-32(22(15)14-31)20-10-23(37-2)18(9-21(20)34(35)36)29-25-27-12-17(26)24(30-25)16-11-28-33-7-4-3-5-19(16)33/h3-5,7,9-12,15,22H,6,8,13-14H2,1-2H3,(H,27,29,30)/t15-,22+/m1/s1.